The molecule has 1 aliphatic heterocycles. The van der Waals surface area contributed by atoms with Gasteiger partial charge < -0.3 is 10.5 Å². The minimum atomic E-state index is -0.526. The van der Waals surface area contributed by atoms with E-state index >= 15 is 0 Å². The van der Waals surface area contributed by atoms with Crippen LogP contribution in [0.3, 0.4) is 0 Å². The Hall–Kier alpha value is -2.96. The van der Waals surface area contributed by atoms with E-state index in [0.717, 1.165) is 24.8 Å². The predicted octanol–water partition coefficient (Wildman–Crippen LogP) is 3.53. The summed E-state index contributed by atoms with van der Waals surface area (Å²) in [6.45, 7) is 2.66. The lowest BCUT2D eigenvalue weighted by Crippen LogP contribution is -2.35. The van der Waals surface area contributed by atoms with E-state index in [1.54, 1.807) is 19.2 Å². The number of guanidine groups is 1. The van der Waals surface area contributed by atoms with Gasteiger partial charge >= 0.3 is 0 Å². The van der Waals surface area contributed by atoms with Crippen LogP contribution in [0, 0.1) is 11.9 Å². The fourth-order valence-corrected chi connectivity index (χ4v) is 3.39. The van der Waals surface area contributed by atoms with Gasteiger partial charge in [-0.05, 0) is 36.2 Å². The van der Waals surface area contributed by atoms with Crippen molar-refractivity contribution in [3.8, 4) is 16.9 Å². The molecule has 0 radical (unpaired) electrons. The van der Waals surface area contributed by atoms with Crippen LogP contribution in [0.1, 0.15) is 37.8 Å². The molecule has 2 aromatic rings. The van der Waals surface area contributed by atoms with Crippen molar-refractivity contribution in [1.29, 1.82) is 0 Å². The number of rotatable bonds is 6. The summed E-state index contributed by atoms with van der Waals surface area (Å²) in [7, 11) is 1.56. The molecule has 0 saturated carbocycles. The first-order valence-corrected chi connectivity index (χ1v) is 9.44. The molecule has 28 heavy (non-hydrogen) atoms. The van der Waals surface area contributed by atoms with Crippen molar-refractivity contribution in [3.05, 3.63) is 48.0 Å². The third kappa shape index (κ3) is 4.13. The van der Waals surface area contributed by atoms with Gasteiger partial charge in [0.2, 0.25) is 12.4 Å². The number of ether oxygens (including phenoxy) is 1. The number of amides is 1. The molecule has 1 amide bonds. The van der Waals surface area contributed by atoms with E-state index in [1.165, 1.54) is 11.1 Å². The topological polar surface area (TPSA) is 80.8 Å². The van der Waals surface area contributed by atoms with E-state index in [4.69, 9.17) is 10.5 Å². The molecule has 0 saturated heterocycles. The summed E-state index contributed by atoms with van der Waals surface area (Å²) in [5.41, 5.74) is 7.98. The van der Waals surface area contributed by atoms with Gasteiger partial charge in [-0.1, -0.05) is 25.8 Å². The van der Waals surface area contributed by atoms with Crippen LogP contribution in [-0.2, 0) is 4.79 Å². The molecule has 0 bridgehead atoms. The molecule has 3 rings (SSSR count). The van der Waals surface area contributed by atoms with Crippen LogP contribution >= 0.6 is 0 Å². The first kappa shape index (κ1) is 19.8. The molecule has 1 aromatic heterocycles. The molecule has 0 aliphatic carbocycles. The molecular formula is C21H25FN4O2. The number of aromatic nitrogens is 1. The fourth-order valence-electron chi connectivity index (χ4n) is 3.39. The van der Waals surface area contributed by atoms with Crippen molar-refractivity contribution in [2.75, 3.05) is 13.7 Å². The van der Waals surface area contributed by atoms with Crippen molar-refractivity contribution in [2.24, 2.45) is 16.6 Å². The summed E-state index contributed by atoms with van der Waals surface area (Å²) in [4.78, 5) is 20.7. The van der Waals surface area contributed by atoms with Gasteiger partial charge in [0.1, 0.15) is 5.75 Å². The van der Waals surface area contributed by atoms with E-state index in [0.29, 0.717) is 29.9 Å². The number of aliphatic imine (C=N–C) groups is 1. The van der Waals surface area contributed by atoms with E-state index in [2.05, 4.69) is 16.9 Å². The fraction of sp³-hybridized carbons (Fsp3) is 0.381. The second-order valence-corrected chi connectivity index (χ2v) is 6.96. The highest BCUT2D eigenvalue weighted by atomic mass is 19.1. The maximum Gasteiger partial charge on any atom is 0.220 e. The average molecular weight is 384 g/mol. The summed E-state index contributed by atoms with van der Waals surface area (Å²) in [6, 6.07) is 8.65. The van der Waals surface area contributed by atoms with Gasteiger partial charge in [-0.25, -0.2) is 9.98 Å². The Kier molecular flexibility index (Phi) is 6.23. The predicted molar refractivity (Wildman–Crippen MR) is 106 cm³/mol. The monoisotopic (exact) mass is 384 g/mol. The lowest BCUT2D eigenvalue weighted by atomic mass is 9.86. The third-order valence-electron chi connectivity index (χ3n) is 5.02. The Balaban J connectivity index is 2.05. The molecule has 1 aromatic carbocycles. The maximum absolute atomic E-state index is 14.2. The summed E-state index contributed by atoms with van der Waals surface area (Å²) < 4.78 is 20.1. The SMILES string of the molecule is CCCCC1COc2ccc(-c3cccnc3F)cc2C1N=C(N)N(C)C=O. The van der Waals surface area contributed by atoms with E-state index in [-0.39, 0.29) is 17.9 Å². The number of halogens is 1. The van der Waals surface area contributed by atoms with Crippen LogP contribution in [0.2, 0.25) is 0 Å². The van der Waals surface area contributed by atoms with Gasteiger partial charge in [0, 0.05) is 30.3 Å². The summed E-state index contributed by atoms with van der Waals surface area (Å²) in [5, 5.41) is 0. The highest BCUT2D eigenvalue weighted by molar-refractivity contribution is 5.87. The number of nitrogens with zero attached hydrogens (tertiary/aromatic N) is 3. The number of fused-ring (bicyclic) bond motifs is 1. The molecule has 1 aliphatic rings. The zero-order valence-electron chi connectivity index (χ0n) is 16.1. The molecule has 7 heteroatoms. The van der Waals surface area contributed by atoms with Gasteiger partial charge in [-0.3, -0.25) is 9.69 Å². The van der Waals surface area contributed by atoms with Crippen LogP contribution in [0.25, 0.3) is 11.1 Å². The van der Waals surface area contributed by atoms with Gasteiger partial charge in [0.05, 0.1) is 12.6 Å². The lowest BCUT2D eigenvalue weighted by Gasteiger charge is -2.32. The van der Waals surface area contributed by atoms with Crippen LogP contribution in [-0.4, -0.2) is 35.9 Å². The number of carbonyl (C=O) groups is 1. The number of nitrogens with two attached hydrogens (primary N) is 1. The van der Waals surface area contributed by atoms with Crippen molar-refractivity contribution in [2.45, 2.75) is 32.2 Å². The largest absolute Gasteiger partial charge is 0.493 e. The minimum absolute atomic E-state index is 0.125. The highest BCUT2D eigenvalue weighted by Crippen LogP contribution is 2.42. The van der Waals surface area contributed by atoms with Gasteiger partial charge in [0.15, 0.2) is 5.96 Å². The summed E-state index contributed by atoms with van der Waals surface area (Å²) in [5.74, 6) is 0.449. The van der Waals surface area contributed by atoms with Gasteiger partial charge in [-0.2, -0.15) is 4.39 Å². The van der Waals surface area contributed by atoms with E-state index in [9.17, 15) is 9.18 Å². The van der Waals surface area contributed by atoms with Crippen molar-refractivity contribution >= 4 is 12.4 Å². The quantitative estimate of drug-likeness (QED) is 0.358. The molecule has 2 heterocycles. The Morgan fingerprint density at radius 1 is 1.46 bits per heavy atom. The van der Waals surface area contributed by atoms with Crippen molar-refractivity contribution < 1.29 is 13.9 Å². The normalized spacial score (nSPS) is 18.9. The Morgan fingerprint density at radius 3 is 3.00 bits per heavy atom. The average Bonchev–Trinajstić information content (AvgIpc) is 2.72. The molecule has 2 unspecified atom stereocenters. The molecule has 2 N–H and O–H groups in total. The van der Waals surface area contributed by atoms with Crippen LogP contribution in [0.15, 0.2) is 41.5 Å². The zero-order valence-corrected chi connectivity index (χ0v) is 16.1. The lowest BCUT2D eigenvalue weighted by molar-refractivity contribution is -0.114. The van der Waals surface area contributed by atoms with E-state index in [1.807, 2.05) is 18.2 Å². The minimum Gasteiger partial charge on any atom is -0.493 e. The first-order valence-electron chi connectivity index (χ1n) is 9.44. The zero-order chi connectivity index (χ0) is 20.1. The van der Waals surface area contributed by atoms with Crippen LogP contribution in [0.4, 0.5) is 4.39 Å². The Labute approximate surface area is 164 Å². The number of hydrogen-bond donors (Lipinski definition) is 1. The van der Waals surface area contributed by atoms with Gasteiger partial charge in [-0.15, -0.1) is 0 Å². The first-order chi connectivity index (χ1) is 13.5. The highest BCUT2D eigenvalue weighted by Gasteiger charge is 2.31. The number of unbranched alkanes of at least 4 members (excludes halogenated alkanes) is 1. The Morgan fingerprint density at radius 2 is 2.29 bits per heavy atom. The molecule has 0 spiro atoms. The molecule has 2 atom stereocenters. The Bertz CT molecular complexity index is 871. The number of hydrogen-bond acceptors (Lipinski definition) is 4. The van der Waals surface area contributed by atoms with Gasteiger partial charge in [0.25, 0.3) is 0 Å². The molecule has 148 valence electrons. The number of pyridine rings is 1. The smallest absolute Gasteiger partial charge is 0.220 e. The van der Waals surface area contributed by atoms with Crippen molar-refractivity contribution in [1.82, 2.24) is 9.88 Å². The number of carbonyl (C=O) groups excluding carboxylic acids is 1. The van der Waals surface area contributed by atoms with Crippen LogP contribution in [0.5, 0.6) is 5.75 Å². The third-order valence-corrected chi connectivity index (χ3v) is 5.02. The summed E-state index contributed by atoms with van der Waals surface area (Å²) in [6.07, 6.45) is 5.07. The second kappa shape index (κ2) is 8.82. The second-order valence-electron chi connectivity index (χ2n) is 6.96. The number of benzene rings is 1. The summed E-state index contributed by atoms with van der Waals surface area (Å²) >= 11 is 0. The molecule has 6 nitrogen and oxygen atoms in total. The van der Waals surface area contributed by atoms with Crippen molar-refractivity contribution in [3.63, 3.8) is 0 Å². The van der Waals surface area contributed by atoms with E-state index < -0.39 is 5.95 Å². The molecule has 0 fully saturated rings. The standard InChI is InChI=1S/C21H25FN4O2/c1-3-4-6-15-12-28-18-9-8-14(16-7-5-10-24-20(16)22)11-17(18)19(15)25-21(23)26(2)13-27/h5,7-11,13,15,19H,3-4,6,12H2,1-2H3,(H2,23,25). The maximum atomic E-state index is 14.2. The molecular weight excluding hydrogens is 359 g/mol. The van der Waals surface area contributed by atoms with Crippen LogP contribution < -0.4 is 10.5 Å².